The molecule has 0 saturated heterocycles. The van der Waals surface area contributed by atoms with Gasteiger partial charge >= 0.3 is 6.09 Å². The molecule has 0 unspecified atom stereocenters. The largest absolute Gasteiger partial charge is 0.444 e. The third-order valence-electron chi connectivity index (χ3n) is 3.00. The molecule has 1 amide bonds. The van der Waals surface area contributed by atoms with Crippen LogP contribution in [0.1, 0.15) is 32.9 Å². The van der Waals surface area contributed by atoms with Crippen LogP contribution in [0.4, 0.5) is 4.79 Å². The lowest BCUT2D eigenvalue weighted by molar-refractivity contribution is 0.0527. The third-order valence-corrected chi connectivity index (χ3v) is 3.00. The normalized spacial score (nSPS) is 11.4. The van der Waals surface area contributed by atoms with Gasteiger partial charge in [-0.2, -0.15) is 0 Å². The summed E-state index contributed by atoms with van der Waals surface area (Å²) in [5.41, 5.74) is 2.25. The van der Waals surface area contributed by atoms with E-state index in [0.29, 0.717) is 13.1 Å². The molecule has 0 spiro atoms. The van der Waals surface area contributed by atoms with Crippen LogP contribution in [0.25, 0.3) is 11.0 Å². The molecule has 6 heteroatoms. The Bertz CT molecular complexity index is 652. The Morgan fingerprint density at radius 2 is 1.91 bits per heavy atom. The zero-order valence-corrected chi connectivity index (χ0v) is 13.9. The van der Waals surface area contributed by atoms with Gasteiger partial charge in [0.1, 0.15) is 5.60 Å². The summed E-state index contributed by atoms with van der Waals surface area (Å²) in [5.74, 6) is 0. The van der Waals surface area contributed by atoms with Gasteiger partial charge in [0, 0.05) is 13.1 Å². The van der Waals surface area contributed by atoms with Crippen LogP contribution in [-0.2, 0) is 11.3 Å². The Morgan fingerprint density at radius 3 is 2.65 bits per heavy atom. The molecule has 2 N–H and O–H groups in total. The van der Waals surface area contributed by atoms with Crippen LogP contribution in [0.15, 0.2) is 30.5 Å². The average Bonchev–Trinajstić information content (AvgIpc) is 2.49. The average molecular weight is 316 g/mol. The van der Waals surface area contributed by atoms with E-state index in [1.807, 2.05) is 45.0 Å². The lowest BCUT2D eigenvalue weighted by Gasteiger charge is -2.19. The summed E-state index contributed by atoms with van der Waals surface area (Å²) in [6.07, 6.45) is 2.23. The van der Waals surface area contributed by atoms with Gasteiger partial charge in [-0.1, -0.05) is 12.1 Å². The highest BCUT2D eigenvalue weighted by Gasteiger charge is 2.15. The number of hydrogen-bond acceptors (Lipinski definition) is 5. The van der Waals surface area contributed by atoms with Crippen LogP contribution < -0.4 is 10.6 Å². The zero-order chi connectivity index (χ0) is 16.7. The molecule has 1 heterocycles. The van der Waals surface area contributed by atoms with E-state index in [9.17, 15) is 4.79 Å². The lowest BCUT2D eigenvalue weighted by Crippen LogP contribution is -2.33. The maximum absolute atomic E-state index is 11.5. The van der Waals surface area contributed by atoms with Crippen LogP contribution in [0.5, 0.6) is 0 Å². The van der Waals surface area contributed by atoms with E-state index in [-0.39, 0.29) is 6.09 Å². The molecule has 2 rings (SSSR count). The second-order valence-corrected chi connectivity index (χ2v) is 6.31. The van der Waals surface area contributed by atoms with Gasteiger partial charge in [-0.25, -0.2) is 9.78 Å². The van der Waals surface area contributed by atoms with E-state index in [2.05, 4.69) is 20.6 Å². The van der Waals surface area contributed by atoms with Crippen molar-refractivity contribution in [2.75, 3.05) is 13.1 Å². The number of rotatable bonds is 6. The molecule has 0 atom stereocenters. The molecule has 0 aliphatic carbocycles. The Kier molecular flexibility index (Phi) is 5.87. The SMILES string of the molecule is CC(C)(C)OC(=O)NCCCNCc1cnc2ccccc2n1. The summed E-state index contributed by atoms with van der Waals surface area (Å²) in [6.45, 7) is 7.55. The predicted molar refractivity (Wildman–Crippen MR) is 90.1 cm³/mol. The Morgan fingerprint density at radius 1 is 1.17 bits per heavy atom. The van der Waals surface area contributed by atoms with Gasteiger partial charge in [-0.15, -0.1) is 0 Å². The first-order chi connectivity index (χ1) is 10.9. The van der Waals surface area contributed by atoms with Gasteiger partial charge in [0.15, 0.2) is 0 Å². The van der Waals surface area contributed by atoms with E-state index in [1.54, 1.807) is 6.20 Å². The second-order valence-electron chi connectivity index (χ2n) is 6.31. The maximum atomic E-state index is 11.5. The number of carbonyl (C=O) groups is 1. The highest BCUT2D eigenvalue weighted by atomic mass is 16.6. The molecule has 124 valence electrons. The molecule has 23 heavy (non-hydrogen) atoms. The highest BCUT2D eigenvalue weighted by molar-refractivity contribution is 5.73. The Labute approximate surface area is 136 Å². The van der Waals surface area contributed by atoms with Crippen molar-refractivity contribution in [3.8, 4) is 0 Å². The number of carbonyl (C=O) groups excluding carboxylic acids is 1. The van der Waals surface area contributed by atoms with Crippen molar-refractivity contribution >= 4 is 17.1 Å². The molecular weight excluding hydrogens is 292 g/mol. The van der Waals surface area contributed by atoms with Crippen molar-refractivity contribution in [3.05, 3.63) is 36.2 Å². The van der Waals surface area contributed by atoms with Gasteiger partial charge in [0.05, 0.1) is 22.9 Å². The number of fused-ring (bicyclic) bond motifs is 1. The van der Waals surface area contributed by atoms with Crippen molar-refractivity contribution in [3.63, 3.8) is 0 Å². The van der Waals surface area contributed by atoms with E-state index < -0.39 is 5.60 Å². The fourth-order valence-corrected chi connectivity index (χ4v) is 2.02. The summed E-state index contributed by atoms with van der Waals surface area (Å²) in [6, 6.07) is 7.81. The molecule has 0 aliphatic heterocycles. The number of ether oxygens (including phenoxy) is 1. The first-order valence-electron chi connectivity index (χ1n) is 7.82. The van der Waals surface area contributed by atoms with Crippen molar-refractivity contribution in [1.29, 1.82) is 0 Å². The molecule has 0 fully saturated rings. The molecule has 6 nitrogen and oxygen atoms in total. The minimum Gasteiger partial charge on any atom is -0.444 e. The predicted octanol–water partition coefficient (Wildman–Crippen LogP) is 2.63. The van der Waals surface area contributed by atoms with Crippen LogP contribution in [-0.4, -0.2) is 34.8 Å². The van der Waals surface area contributed by atoms with Crippen molar-refractivity contribution in [1.82, 2.24) is 20.6 Å². The van der Waals surface area contributed by atoms with Crippen molar-refractivity contribution < 1.29 is 9.53 Å². The number of amides is 1. The monoisotopic (exact) mass is 316 g/mol. The number of alkyl carbamates (subject to hydrolysis) is 1. The molecular formula is C17H24N4O2. The Hall–Kier alpha value is -2.21. The highest BCUT2D eigenvalue weighted by Crippen LogP contribution is 2.08. The molecule has 1 aromatic heterocycles. The summed E-state index contributed by atoms with van der Waals surface area (Å²) < 4.78 is 5.17. The number of aromatic nitrogens is 2. The third kappa shape index (κ3) is 6.20. The first kappa shape index (κ1) is 17.1. The van der Waals surface area contributed by atoms with Crippen molar-refractivity contribution in [2.24, 2.45) is 0 Å². The van der Waals surface area contributed by atoms with Gasteiger partial charge in [0.2, 0.25) is 0 Å². The van der Waals surface area contributed by atoms with Crippen molar-refractivity contribution in [2.45, 2.75) is 39.3 Å². The van der Waals surface area contributed by atoms with Gasteiger partial charge in [-0.3, -0.25) is 4.98 Å². The van der Waals surface area contributed by atoms with Crippen LogP contribution in [0.2, 0.25) is 0 Å². The van der Waals surface area contributed by atoms with Crippen LogP contribution in [0.3, 0.4) is 0 Å². The minimum atomic E-state index is -0.461. The maximum Gasteiger partial charge on any atom is 0.407 e. The quantitative estimate of drug-likeness (QED) is 0.801. The lowest BCUT2D eigenvalue weighted by atomic mass is 10.2. The van der Waals surface area contributed by atoms with Gasteiger partial charge in [0.25, 0.3) is 0 Å². The number of hydrogen-bond donors (Lipinski definition) is 2. The Balaban J connectivity index is 1.64. The topological polar surface area (TPSA) is 76.1 Å². The number of benzene rings is 1. The molecule has 0 bridgehead atoms. The number of nitrogens with zero attached hydrogens (tertiary/aromatic N) is 2. The fraction of sp³-hybridized carbons (Fsp3) is 0.471. The smallest absolute Gasteiger partial charge is 0.407 e. The first-order valence-corrected chi connectivity index (χ1v) is 7.82. The van der Waals surface area contributed by atoms with E-state index >= 15 is 0 Å². The summed E-state index contributed by atoms with van der Waals surface area (Å²) in [7, 11) is 0. The van der Waals surface area contributed by atoms with E-state index in [1.165, 1.54) is 0 Å². The fourth-order valence-electron chi connectivity index (χ4n) is 2.02. The molecule has 0 radical (unpaired) electrons. The molecule has 2 aromatic rings. The number of para-hydroxylation sites is 2. The minimum absolute atomic E-state index is 0.377. The van der Waals surface area contributed by atoms with E-state index in [4.69, 9.17) is 4.74 Å². The number of nitrogens with one attached hydrogen (secondary N) is 2. The van der Waals surface area contributed by atoms with Gasteiger partial charge in [-0.05, 0) is 45.9 Å². The van der Waals surface area contributed by atoms with E-state index in [0.717, 1.165) is 29.7 Å². The summed E-state index contributed by atoms with van der Waals surface area (Å²) in [4.78, 5) is 20.4. The van der Waals surface area contributed by atoms with Crippen LogP contribution in [0, 0.1) is 0 Å². The standard InChI is InChI=1S/C17H24N4O2/c1-17(2,3)23-16(22)19-10-6-9-18-11-13-12-20-14-7-4-5-8-15(14)21-13/h4-5,7-8,12,18H,6,9-11H2,1-3H3,(H,19,22). The van der Waals surface area contributed by atoms with Gasteiger partial charge < -0.3 is 15.4 Å². The summed E-state index contributed by atoms with van der Waals surface area (Å²) in [5, 5.41) is 6.03. The summed E-state index contributed by atoms with van der Waals surface area (Å²) >= 11 is 0. The molecule has 1 aromatic carbocycles. The van der Waals surface area contributed by atoms with Crippen LogP contribution >= 0.6 is 0 Å². The zero-order valence-electron chi connectivity index (χ0n) is 13.9. The molecule has 0 saturated carbocycles. The molecule has 0 aliphatic rings. The second kappa shape index (κ2) is 7.87.